The minimum Gasteiger partial charge on any atom is -0.452 e. The predicted molar refractivity (Wildman–Crippen MR) is 99.5 cm³/mol. The molecule has 3 aromatic carbocycles. The van der Waals surface area contributed by atoms with Gasteiger partial charge in [-0.2, -0.15) is 0 Å². The lowest BCUT2D eigenvalue weighted by Crippen LogP contribution is -2.01. The molecule has 4 rings (SSSR count). The van der Waals surface area contributed by atoms with Gasteiger partial charge in [0, 0.05) is 16.7 Å². The van der Waals surface area contributed by atoms with Crippen LogP contribution in [0.15, 0.2) is 101 Å². The van der Waals surface area contributed by atoms with Crippen LogP contribution >= 0.6 is 0 Å². The van der Waals surface area contributed by atoms with Crippen molar-refractivity contribution >= 4 is 5.78 Å². The molecule has 4 aromatic rings. The molecule has 0 aliphatic heterocycles. The topological polar surface area (TPSA) is 30.2 Å². The number of hydrogen-bond acceptors (Lipinski definition) is 2. The third kappa shape index (κ3) is 3.02. The van der Waals surface area contributed by atoms with Crippen LogP contribution in [0.3, 0.4) is 0 Å². The normalized spacial score (nSPS) is 10.6. The van der Waals surface area contributed by atoms with Gasteiger partial charge in [-0.1, -0.05) is 91.0 Å². The van der Waals surface area contributed by atoms with Crippen molar-refractivity contribution in [3.05, 3.63) is 108 Å². The zero-order valence-electron chi connectivity index (χ0n) is 13.6. The van der Waals surface area contributed by atoms with E-state index in [2.05, 4.69) is 0 Å². The maximum absolute atomic E-state index is 13.0. The van der Waals surface area contributed by atoms with E-state index in [0.717, 1.165) is 16.7 Å². The lowest BCUT2D eigenvalue weighted by atomic mass is 10.0. The van der Waals surface area contributed by atoms with Crippen LogP contribution < -0.4 is 0 Å². The van der Waals surface area contributed by atoms with Crippen molar-refractivity contribution in [2.24, 2.45) is 0 Å². The number of benzene rings is 3. The van der Waals surface area contributed by atoms with Crippen LogP contribution in [0.2, 0.25) is 0 Å². The van der Waals surface area contributed by atoms with E-state index in [9.17, 15) is 4.79 Å². The van der Waals surface area contributed by atoms with Gasteiger partial charge in [0.1, 0.15) is 5.76 Å². The molecule has 120 valence electrons. The first-order valence-electron chi connectivity index (χ1n) is 8.17. The summed E-state index contributed by atoms with van der Waals surface area (Å²) in [6.07, 6.45) is 0. The molecule has 0 N–H and O–H groups in total. The second kappa shape index (κ2) is 6.62. The molecule has 0 spiro atoms. The van der Waals surface area contributed by atoms with E-state index in [-0.39, 0.29) is 5.78 Å². The van der Waals surface area contributed by atoms with Crippen molar-refractivity contribution in [2.45, 2.75) is 0 Å². The maximum Gasteiger partial charge on any atom is 0.228 e. The van der Waals surface area contributed by atoms with Crippen molar-refractivity contribution in [3.63, 3.8) is 0 Å². The van der Waals surface area contributed by atoms with E-state index >= 15 is 0 Å². The van der Waals surface area contributed by atoms with Crippen LogP contribution in [0.5, 0.6) is 0 Å². The summed E-state index contributed by atoms with van der Waals surface area (Å²) in [5.74, 6) is 0.955. The molecule has 0 saturated heterocycles. The summed E-state index contributed by atoms with van der Waals surface area (Å²) >= 11 is 0. The zero-order chi connectivity index (χ0) is 17.1. The Hall–Kier alpha value is -3.39. The van der Waals surface area contributed by atoms with Crippen LogP contribution in [-0.4, -0.2) is 5.78 Å². The highest BCUT2D eigenvalue weighted by molar-refractivity contribution is 6.11. The predicted octanol–water partition coefficient (Wildman–Crippen LogP) is 5.84. The molecule has 0 aliphatic rings. The van der Waals surface area contributed by atoms with E-state index < -0.39 is 0 Å². The minimum atomic E-state index is -0.110. The van der Waals surface area contributed by atoms with Crippen molar-refractivity contribution in [1.82, 2.24) is 0 Å². The fourth-order valence-electron chi connectivity index (χ4n) is 2.86. The van der Waals surface area contributed by atoms with Gasteiger partial charge in [0.05, 0.1) is 0 Å². The van der Waals surface area contributed by atoms with E-state index in [0.29, 0.717) is 17.1 Å². The second-order valence-corrected chi connectivity index (χ2v) is 5.78. The van der Waals surface area contributed by atoms with E-state index in [1.165, 1.54) is 0 Å². The van der Waals surface area contributed by atoms with Gasteiger partial charge in [-0.25, -0.2) is 0 Å². The Balaban J connectivity index is 1.87. The molecule has 0 fully saturated rings. The first kappa shape index (κ1) is 15.2. The third-order valence-corrected chi connectivity index (χ3v) is 4.12. The van der Waals surface area contributed by atoms with E-state index in [1.54, 1.807) is 0 Å². The molecule has 0 saturated carbocycles. The molecule has 0 unspecified atom stereocenters. The molecule has 25 heavy (non-hydrogen) atoms. The number of furan rings is 1. The lowest BCUT2D eigenvalue weighted by Gasteiger charge is -2.02. The van der Waals surface area contributed by atoms with Crippen molar-refractivity contribution < 1.29 is 9.21 Å². The highest BCUT2D eigenvalue weighted by Crippen LogP contribution is 2.33. The van der Waals surface area contributed by atoms with E-state index in [1.807, 2.05) is 97.1 Å². The Morgan fingerprint density at radius 1 is 0.640 bits per heavy atom. The van der Waals surface area contributed by atoms with Crippen molar-refractivity contribution in [2.75, 3.05) is 0 Å². The highest BCUT2D eigenvalue weighted by Gasteiger charge is 2.21. The number of ketones is 1. The number of carbonyl (C=O) groups is 1. The number of carbonyl (C=O) groups excluding carboxylic acids is 1. The molecule has 1 aromatic heterocycles. The van der Waals surface area contributed by atoms with Gasteiger partial charge in [0.25, 0.3) is 0 Å². The molecule has 0 aliphatic carbocycles. The average molecular weight is 324 g/mol. The van der Waals surface area contributed by atoms with Gasteiger partial charge in [-0.3, -0.25) is 4.79 Å². The minimum absolute atomic E-state index is 0.110. The summed E-state index contributed by atoms with van der Waals surface area (Å²) in [4.78, 5) is 13.0. The molecule has 0 atom stereocenters. The standard InChI is InChI=1S/C23H16O2/c24-22(19-14-8-3-9-15-19)23-20(17-10-4-1-5-11-17)16-21(25-23)18-12-6-2-7-13-18/h1-16H. The Morgan fingerprint density at radius 2 is 1.16 bits per heavy atom. The Labute approximate surface area is 146 Å². The summed E-state index contributed by atoms with van der Waals surface area (Å²) < 4.78 is 6.02. The second-order valence-electron chi connectivity index (χ2n) is 5.78. The fourth-order valence-corrected chi connectivity index (χ4v) is 2.86. The average Bonchev–Trinajstić information content (AvgIpc) is 3.15. The van der Waals surface area contributed by atoms with Gasteiger partial charge in [0.2, 0.25) is 5.78 Å². The third-order valence-electron chi connectivity index (χ3n) is 4.12. The van der Waals surface area contributed by atoms with Crippen LogP contribution in [0.4, 0.5) is 0 Å². The number of rotatable bonds is 4. The molecule has 2 heteroatoms. The van der Waals surface area contributed by atoms with Crippen molar-refractivity contribution in [1.29, 1.82) is 0 Å². The molecule has 2 nitrogen and oxygen atoms in total. The van der Waals surface area contributed by atoms with Crippen LogP contribution in [0.1, 0.15) is 16.1 Å². The lowest BCUT2D eigenvalue weighted by molar-refractivity contribution is 0.101. The molecule has 0 radical (unpaired) electrons. The highest BCUT2D eigenvalue weighted by atomic mass is 16.3. The summed E-state index contributed by atoms with van der Waals surface area (Å²) in [6, 6.07) is 30.8. The molecule has 0 amide bonds. The monoisotopic (exact) mass is 324 g/mol. The Bertz CT molecular complexity index is 984. The van der Waals surface area contributed by atoms with Gasteiger partial charge in [0.15, 0.2) is 5.76 Å². The largest absolute Gasteiger partial charge is 0.452 e. The van der Waals surface area contributed by atoms with Crippen LogP contribution in [0.25, 0.3) is 22.5 Å². The smallest absolute Gasteiger partial charge is 0.228 e. The fraction of sp³-hybridized carbons (Fsp3) is 0. The Morgan fingerprint density at radius 3 is 1.76 bits per heavy atom. The van der Waals surface area contributed by atoms with Gasteiger partial charge < -0.3 is 4.42 Å². The first-order valence-corrected chi connectivity index (χ1v) is 8.17. The molecular formula is C23H16O2. The molecule has 1 heterocycles. The van der Waals surface area contributed by atoms with Crippen LogP contribution in [0, 0.1) is 0 Å². The zero-order valence-corrected chi connectivity index (χ0v) is 13.6. The molecular weight excluding hydrogens is 308 g/mol. The maximum atomic E-state index is 13.0. The summed E-state index contributed by atoms with van der Waals surface area (Å²) in [5, 5.41) is 0. The van der Waals surface area contributed by atoms with Gasteiger partial charge in [-0.15, -0.1) is 0 Å². The van der Waals surface area contributed by atoms with E-state index in [4.69, 9.17) is 4.42 Å². The number of hydrogen-bond donors (Lipinski definition) is 0. The summed E-state index contributed by atoms with van der Waals surface area (Å²) in [6.45, 7) is 0. The van der Waals surface area contributed by atoms with Crippen molar-refractivity contribution in [3.8, 4) is 22.5 Å². The first-order chi connectivity index (χ1) is 12.3. The quantitative estimate of drug-likeness (QED) is 0.441. The van der Waals surface area contributed by atoms with Crippen LogP contribution in [-0.2, 0) is 0 Å². The van der Waals surface area contributed by atoms with Gasteiger partial charge >= 0.3 is 0 Å². The summed E-state index contributed by atoms with van der Waals surface area (Å²) in [7, 11) is 0. The molecule has 0 bridgehead atoms. The summed E-state index contributed by atoms with van der Waals surface area (Å²) in [5.41, 5.74) is 3.35. The van der Waals surface area contributed by atoms with Gasteiger partial charge in [-0.05, 0) is 11.6 Å². The SMILES string of the molecule is O=C(c1ccccc1)c1oc(-c2ccccc2)cc1-c1ccccc1. The Kier molecular flexibility index (Phi) is 4.01.